The first-order valence-corrected chi connectivity index (χ1v) is 9.93. The topological polar surface area (TPSA) is 50.2 Å². The highest BCUT2D eigenvalue weighted by Gasteiger charge is 2.40. The predicted octanol–water partition coefficient (Wildman–Crippen LogP) is 3.38. The average Bonchev–Trinajstić information content (AvgIpc) is 3.35. The third kappa shape index (κ3) is 3.15. The molecule has 27 heavy (non-hydrogen) atoms. The van der Waals surface area contributed by atoms with Crippen LogP contribution in [0.3, 0.4) is 0 Å². The molecule has 8 heteroatoms. The monoisotopic (exact) mass is 426 g/mol. The van der Waals surface area contributed by atoms with Crippen LogP contribution in [0.2, 0.25) is 10.0 Å². The summed E-state index contributed by atoms with van der Waals surface area (Å²) >= 11 is 12.4. The molecule has 3 aliphatic rings. The normalized spacial score (nSPS) is 23.3. The molecule has 2 atom stereocenters. The van der Waals surface area contributed by atoms with Crippen molar-refractivity contribution in [3.63, 3.8) is 0 Å². The van der Waals surface area contributed by atoms with Crippen molar-refractivity contribution in [2.45, 2.75) is 19.3 Å². The number of nitrogens with zero attached hydrogens (tertiary/aromatic N) is 3. The largest absolute Gasteiger partial charge is 0.337 e. The van der Waals surface area contributed by atoms with E-state index in [2.05, 4.69) is 5.32 Å². The number of fused-ring (bicyclic) bond motifs is 2. The fraction of sp³-hybridized carbons (Fsp3) is 0.474. The Kier molecular flexibility index (Phi) is 5.14. The van der Waals surface area contributed by atoms with Gasteiger partial charge in [-0.25, -0.2) is 4.68 Å². The smallest absolute Gasteiger partial charge is 0.274 e. The van der Waals surface area contributed by atoms with Crippen molar-refractivity contribution < 1.29 is 4.79 Å². The lowest BCUT2D eigenvalue weighted by molar-refractivity contribution is 0.0774. The maximum absolute atomic E-state index is 13.2. The van der Waals surface area contributed by atoms with Gasteiger partial charge in [-0.15, -0.1) is 12.4 Å². The lowest BCUT2D eigenvalue weighted by Crippen LogP contribution is -2.32. The molecular formula is C19H21Cl3N4O. The van der Waals surface area contributed by atoms with Crippen molar-refractivity contribution in [2.75, 3.05) is 26.2 Å². The number of halogens is 3. The molecule has 1 aromatic carbocycles. The van der Waals surface area contributed by atoms with Crippen molar-refractivity contribution >= 4 is 41.5 Å². The molecule has 1 amide bonds. The van der Waals surface area contributed by atoms with Crippen LogP contribution >= 0.6 is 35.6 Å². The van der Waals surface area contributed by atoms with E-state index in [0.717, 1.165) is 62.4 Å². The fourth-order valence-corrected chi connectivity index (χ4v) is 5.12. The summed E-state index contributed by atoms with van der Waals surface area (Å²) in [4.78, 5) is 15.2. The van der Waals surface area contributed by atoms with E-state index in [1.807, 2.05) is 21.7 Å². The molecule has 1 aromatic heterocycles. The molecule has 0 unspecified atom stereocenters. The van der Waals surface area contributed by atoms with Gasteiger partial charge in [0, 0.05) is 42.5 Å². The number of nitrogens with one attached hydrogen (secondary N) is 1. The van der Waals surface area contributed by atoms with E-state index in [0.29, 0.717) is 27.6 Å². The van der Waals surface area contributed by atoms with Crippen LogP contribution in [0.25, 0.3) is 5.69 Å². The maximum Gasteiger partial charge on any atom is 0.274 e. The predicted molar refractivity (Wildman–Crippen MR) is 109 cm³/mol. The van der Waals surface area contributed by atoms with Gasteiger partial charge in [0.05, 0.1) is 10.7 Å². The molecule has 0 bridgehead atoms. The van der Waals surface area contributed by atoms with Crippen LogP contribution in [-0.4, -0.2) is 46.8 Å². The molecule has 0 saturated carbocycles. The molecule has 5 rings (SSSR count). The van der Waals surface area contributed by atoms with E-state index in [9.17, 15) is 4.79 Å². The average molecular weight is 428 g/mol. The van der Waals surface area contributed by atoms with Crippen molar-refractivity contribution in [3.05, 3.63) is 45.2 Å². The highest BCUT2D eigenvalue weighted by atomic mass is 35.5. The van der Waals surface area contributed by atoms with Crippen LogP contribution in [0.15, 0.2) is 18.2 Å². The van der Waals surface area contributed by atoms with Crippen LogP contribution in [0.1, 0.15) is 28.2 Å². The summed E-state index contributed by atoms with van der Waals surface area (Å²) in [6.45, 7) is 3.70. The van der Waals surface area contributed by atoms with Crippen LogP contribution < -0.4 is 5.32 Å². The minimum atomic E-state index is 0. The molecule has 5 nitrogen and oxygen atoms in total. The second-order valence-corrected chi connectivity index (χ2v) is 8.37. The first kappa shape index (κ1) is 19.1. The Morgan fingerprint density at radius 1 is 1.15 bits per heavy atom. The summed E-state index contributed by atoms with van der Waals surface area (Å²) in [5.74, 6) is 1.24. The van der Waals surface area contributed by atoms with Gasteiger partial charge >= 0.3 is 0 Å². The summed E-state index contributed by atoms with van der Waals surface area (Å²) < 4.78 is 1.85. The van der Waals surface area contributed by atoms with Crippen LogP contribution in [-0.2, 0) is 12.8 Å². The Labute approximate surface area is 174 Å². The van der Waals surface area contributed by atoms with E-state index in [1.165, 1.54) is 0 Å². The maximum atomic E-state index is 13.2. The third-order valence-electron chi connectivity index (χ3n) is 5.95. The zero-order valence-corrected chi connectivity index (χ0v) is 17.1. The van der Waals surface area contributed by atoms with Gasteiger partial charge in [-0.05, 0) is 49.3 Å². The number of hydrogen-bond acceptors (Lipinski definition) is 3. The summed E-state index contributed by atoms with van der Waals surface area (Å²) in [5, 5.41) is 9.28. The molecule has 1 aliphatic carbocycles. The van der Waals surface area contributed by atoms with Crippen LogP contribution in [0, 0.1) is 11.8 Å². The molecule has 2 aliphatic heterocycles. The second-order valence-electron chi connectivity index (χ2n) is 7.52. The Bertz CT molecular complexity index is 885. The van der Waals surface area contributed by atoms with Crippen LogP contribution in [0.5, 0.6) is 0 Å². The molecule has 1 N–H and O–H groups in total. The number of carbonyl (C=O) groups excluding carboxylic acids is 1. The number of likely N-dealkylation sites (tertiary alicyclic amines) is 1. The standard InChI is InChI=1S/C19H20Cl2N4O.ClH/c20-13-4-5-17(15(21)6-13)25-16-3-1-2-14(16)18(23-25)19(26)24-9-11-7-22-8-12(11)10-24;/h4-6,11-12,22H,1-3,7-10H2;1H/t11-,12+;. The Morgan fingerprint density at radius 3 is 2.59 bits per heavy atom. The van der Waals surface area contributed by atoms with Crippen molar-refractivity contribution in [1.82, 2.24) is 20.0 Å². The van der Waals surface area contributed by atoms with Crippen LogP contribution in [0.4, 0.5) is 0 Å². The molecular weight excluding hydrogens is 407 g/mol. The number of aromatic nitrogens is 2. The van der Waals surface area contributed by atoms with Gasteiger partial charge in [-0.2, -0.15) is 5.10 Å². The quantitative estimate of drug-likeness (QED) is 0.799. The summed E-state index contributed by atoms with van der Waals surface area (Å²) in [6.07, 6.45) is 2.88. The van der Waals surface area contributed by atoms with E-state index in [1.54, 1.807) is 6.07 Å². The molecule has 0 spiro atoms. The zero-order chi connectivity index (χ0) is 17.8. The number of hydrogen-bond donors (Lipinski definition) is 1. The lowest BCUT2D eigenvalue weighted by Gasteiger charge is -2.16. The number of benzene rings is 1. The molecule has 2 aromatic rings. The van der Waals surface area contributed by atoms with Gasteiger partial charge in [0.25, 0.3) is 5.91 Å². The number of carbonyl (C=O) groups is 1. The minimum Gasteiger partial charge on any atom is -0.337 e. The van der Waals surface area contributed by atoms with Gasteiger partial charge in [0.15, 0.2) is 5.69 Å². The lowest BCUT2D eigenvalue weighted by atomic mass is 10.0. The number of rotatable bonds is 2. The zero-order valence-electron chi connectivity index (χ0n) is 14.8. The molecule has 144 valence electrons. The number of amides is 1. The first-order chi connectivity index (χ1) is 12.6. The minimum absolute atomic E-state index is 0. The Morgan fingerprint density at radius 2 is 1.89 bits per heavy atom. The van der Waals surface area contributed by atoms with Crippen molar-refractivity contribution in [2.24, 2.45) is 11.8 Å². The first-order valence-electron chi connectivity index (χ1n) is 9.18. The summed E-state index contributed by atoms with van der Waals surface area (Å²) in [6, 6.07) is 5.40. The summed E-state index contributed by atoms with van der Waals surface area (Å²) in [7, 11) is 0. The summed E-state index contributed by atoms with van der Waals surface area (Å²) in [5.41, 5.74) is 3.60. The van der Waals surface area contributed by atoms with Gasteiger partial charge in [-0.3, -0.25) is 4.79 Å². The van der Waals surface area contributed by atoms with Crippen molar-refractivity contribution in [3.8, 4) is 5.69 Å². The van der Waals surface area contributed by atoms with Gasteiger partial charge in [0.1, 0.15) is 0 Å². The SMILES string of the molecule is Cl.O=C(c1nn(-c2ccc(Cl)cc2Cl)c2c1CCC2)N1C[C@H]2CNC[C@H]2C1. The Balaban J connectivity index is 0.00000180. The molecule has 2 fully saturated rings. The third-order valence-corrected chi connectivity index (χ3v) is 6.49. The highest BCUT2D eigenvalue weighted by Crippen LogP contribution is 2.33. The fourth-order valence-electron chi connectivity index (χ4n) is 4.63. The molecule has 3 heterocycles. The molecule has 0 radical (unpaired) electrons. The van der Waals surface area contributed by atoms with E-state index in [4.69, 9.17) is 28.3 Å². The van der Waals surface area contributed by atoms with E-state index in [-0.39, 0.29) is 18.3 Å². The second kappa shape index (κ2) is 7.28. The highest BCUT2D eigenvalue weighted by molar-refractivity contribution is 6.35. The van der Waals surface area contributed by atoms with E-state index < -0.39 is 0 Å². The molecule has 2 saturated heterocycles. The van der Waals surface area contributed by atoms with Crippen molar-refractivity contribution in [1.29, 1.82) is 0 Å². The van der Waals surface area contributed by atoms with Gasteiger partial charge in [0.2, 0.25) is 0 Å². The Hall–Kier alpha value is -1.27. The van der Waals surface area contributed by atoms with Gasteiger partial charge < -0.3 is 10.2 Å². The van der Waals surface area contributed by atoms with E-state index >= 15 is 0 Å². The van der Waals surface area contributed by atoms with Gasteiger partial charge in [-0.1, -0.05) is 23.2 Å².